The van der Waals surface area contributed by atoms with Crippen LogP contribution in [0.3, 0.4) is 0 Å². The van der Waals surface area contributed by atoms with Gasteiger partial charge in [0.2, 0.25) is 5.91 Å². The molecule has 1 aromatic carbocycles. The molecule has 0 saturated heterocycles. The Morgan fingerprint density at radius 2 is 2.31 bits per heavy atom. The summed E-state index contributed by atoms with van der Waals surface area (Å²) in [7, 11) is 0. The molecule has 1 heterocycles. The monoisotopic (exact) mass is 219 g/mol. The van der Waals surface area contributed by atoms with Crippen LogP contribution < -0.4 is 5.73 Å². The minimum atomic E-state index is -0.631. The molecule has 0 aliphatic carbocycles. The highest BCUT2D eigenvalue weighted by Crippen LogP contribution is 2.11. The van der Waals surface area contributed by atoms with Gasteiger partial charge in [0.1, 0.15) is 5.82 Å². The lowest BCUT2D eigenvalue weighted by Gasteiger charge is -2.05. The highest BCUT2D eigenvalue weighted by molar-refractivity contribution is 5.92. The molecule has 1 amide bonds. The normalized spacial score (nSPS) is 10.3. The van der Waals surface area contributed by atoms with Crippen LogP contribution in [0.1, 0.15) is 15.9 Å². The van der Waals surface area contributed by atoms with Gasteiger partial charge in [0.15, 0.2) is 0 Å². The van der Waals surface area contributed by atoms with Crippen LogP contribution in [-0.4, -0.2) is 15.5 Å². The Hall–Kier alpha value is -2.17. The molecule has 82 valence electrons. The molecule has 0 bridgehead atoms. The number of carbonyl (C=O) groups excluding carboxylic acids is 1. The van der Waals surface area contributed by atoms with Crippen molar-refractivity contribution in [2.24, 2.45) is 5.73 Å². The van der Waals surface area contributed by atoms with E-state index in [2.05, 4.69) is 4.98 Å². The molecule has 0 spiro atoms. The summed E-state index contributed by atoms with van der Waals surface area (Å²) >= 11 is 0. The SMILES string of the molecule is NC(=O)c1ccc(Cn2ccnc2)c(F)c1. The van der Waals surface area contributed by atoms with Gasteiger partial charge in [-0.25, -0.2) is 9.37 Å². The number of primary amides is 1. The average molecular weight is 219 g/mol. The molecule has 16 heavy (non-hydrogen) atoms. The molecule has 0 atom stereocenters. The van der Waals surface area contributed by atoms with Crippen molar-refractivity contribution < 1.29 is 9.18 Å². The van der Waals surface area contributed by atoms with Gasteiger partial charge in [0, 0.05) is 23.5 Å². The van der Waals surface area contributed by atoms with Gasteiger partial charge in [0.25, 0.3) is 0 Å². The number of amides is 1. The first-order valence-corrected chi connectivity index (χ1v) is 4.71. The summed E-state index contributed by atoms with van der Waals surface area (Å²) in [6, 6.07) is 4.21. The van der Waals surface area contributed by atoms with E-state index in [1.54, 1.807) is 29.4 Å². The van der Waals surface area contributed by atoms with Crippen LogP contribution in [0.15, 0.2) is 36.9 Å². The van der Waals surface area contributed by atoms with E-state index in [1.165, 1.54) is 6.07 Å². The highest BCUT2D eigenvalue weighted by Gasteiger charge is 2.07. The standard InChI is InChI=1S/C11H10FN3O/c12-10-5-8(11(13)16)1-2-9(10)6-15-4-3-14-7-15/h1-5,7H,6H2,(H2,13,16). The average Bonchev–Trinajstić information content (AvgIpc) is 2.73. The summed E-state index contributed by atoms with van der Waals surface area (Å²) in [6.45, 7) is 0.380. The van der Waals surface area contributed by atoms with Crippen LogP contribution >= 0.6 is 0 Å². The largest absolute Gasteiger partial charge is 0.366 e. The summed E-state index contributed by atoms with van der Waals surface area (Å²) in [5, 5.41) is 0. The highest BCUT2D eigenvalue weighted by atomic mass is 19.1. The van der Waals surface area contributed by atoms with Crippen LogP contribution in [-0.2, 0) is 6.54 Å². The zero-order valence-corrected chi connectivity index (χ0v) is 8.43. The van der Waals surface area contributed by atoms with Crippen LogP contribution in [0.5, 0.6) is 0 Å². The summed E-state index contributed by atoms with van der Waals surface area (Å²) in [4.78, 5) is 14.7. The number of benzene rings is 1. The molecule has 1 aromatic heterocycles. The second kappa shape index (κ2) is 4.14. The first-order valence-electron chi connectivity index (χ1n) is 4.71. The number of hydrogen-bond acceptors (Lipinski definition) is 2. The molecular formula is C11H10FN3O. The predicted octanol–water partition coefficient (Wildman–Crippen LogP) is 1.17. The Kier molecular flexibility index (Phi) is 2.68. The lowest BCUT2D eigenvalue weighted by molar-refractivity contribution is 0.1000. The fourth-order valence-corrected chi connectivity index (χ4v) is 1.41. The number of imidazole rings is 1. The van der Waals surface area contributed by atoms with Gasteiger partial charge in [-0.2, -0.15) is 0 Å². The van der Waals surface area contributed by atoms with Crippen LogP contribution in [0, 0.1) is 5.82 Å². The summed E-state index contributed by atoms with van der Waals surface area (Å²) in [5.74, 6) is -1.07. The third-order valence-electron chi connectivity index (χ3n) is 2.25. The maximum Gasteiger partial charge on any atom is 0.248 e. The van der Waals surface area contributed by atoms with Crippen LogP contribution in [0.4, 0.5) is 4.39 Å². The number of nitrogens with two attached hydrogens (primary N) is 1. The summed E-state index contributed by atoms with van der Waals surface area (Å²) < 4.78 is 15.3. The number of rotatable bonds is 3. The molecule has 2 N–H and O–H groups in total. The fourth-order valence-electron chi connectivity index (χ4n) is 1.41. The van der Waals surface area contributed by atoms with E-state index < -0.39 is 11.7 Å². The molecule has 0 aliphatic heterocycles. The number of aromatic nitrogens is 2. The minimum absolute atomic E-state index is 0.173. The van der Waals surface area contributed by atoms with Gasteiger partial charge in [-0.1, -0.05) is 6.07 Å². The smallest absolute Gasteiger partial charge is 0.248 e. The van der Waals surface area contributed by atoms with Gasteiger partial charge in [-0.15, -0.1) is 0 Å². The quantitative estimate of drug-likeness (QED) is 0.842. The van der Waals surface area contributed by atoms with Gasteiger partial charge in [-0.3, -0.25) is 4.79 Å². The molecule has 0 aliphatic rings. The van der Waals surface area contributed by atoms with E-state index in [1.807, 2.05) is 0 Å². The lowest BCUT2D eigenvalue weighted by Crippen LogP contribution is -2.11. The zero-order valence-electron chi connectivity index (χ0n) is 8.43. The van der Waals surface area contributed by atoms with Crippen molar-refractivity contribution in [2.75, 3.05) is 0 Å². The summed E-state index contributed by atoms with van der Waals surface area (Å²) in [6.07, 6.45) is 4.96. The second-order valence-corrected chi connectivity index (χ2v) is 3.41. The van der Waals surface area contributed by atoms with E-state index in [-0.39, 0.29) is 5.56 Å². The topological polar surface area (TPSA) is 60.9 Å². The molecule has 5 heteroatoms. The van der Waals surface area contributed by atoms with E-state index in [9.17, 15) is 9.18 Å². The molecule has 0 radical (unpaired) electrons. The zero-order chi connectivity index (χ0) is 11.5. The first kappa shape index (κ1) is 10.4. The van der Waals surface area contributed by atoms with Gasteiger partial charge in [0.05, 0.1) is 12.9 Å². The maximum atomic E-state index is 13.6. The molecule has 4 nitrogen and oxygen atoms in total. The maximum absolute atomic E-state index is 13.6. The second-order valence-electron chi connectivity index (χ2n) is 3.41. The van der Waals surface area contributed by atoms with Crippen molar-refractivity contribution in [1.82, 2.24) is 9.55 Å². The third-order valence-corrected chi connectivity index (χ3v) is 2.25. The van der Waals surface area contributed by atoms with Gasteiger partial charge >= 0.3 is 0 Å². The molecule has 0 unspecified atom stereocenters. The van der Waals surface area contributed by atoms with Crippen molar-refractivity contribution in [3.63, 3.8) is 0 Å². The molecule has 0 fully saturated rings. The van der Waals surface area contributed by atoms with Crippen molar-refractivity contribution in [2.45, 2.75) is 6.54 Å². The fraction of sp³-hybridized carbons (Fsp3) is 0.0909. The third kappa shape index (κ3) is 2.08. The van der Waals surface area contributed by atoms with Crippen LogP contribution in [0.25, 0.3) is 0 Å². The number of nitrogens with zero attached hydrogens (tertiary/aromatic N) is 2. The predicted molar refractivity (Wildman–Crippen MR) is 56.2 cm³/mol. The Morgan fingerprint density at radius 1 is 1.50 bits per heavy atom. The number of hydrogen-bond donors (Lipinski definition) is 1. The van der Waals surface area contributed by atoms with E-state index in [0.717, 1.165) is 6.07 Å². The van der Waals surface area contributed by atoms with Crippen LogP contribution in [0.2, 0.25) is 0 Å². The molecular weight excluding hydrogens is 209 g/mol. The minimum Gasteiger partial charge on any atom is -0.366 e. The molecule has 2 aromatic rings. The molecule has 0 saturated carbocycles. The van der Waals surface area contributed by atoms with Crippen molar-refractivity contribution in [3.8, 4) is 0 Å². The Bertz CT molecular complexity index is 508. The lowest BCUT2D eigenvalue weighted by atomic mass is 10.1. The summed E-state index contributed by atoms with van der Waals surface area (Å²) in [5.41, 5.74) is 5.71. The van der Waals surface area contributed by atoms with E-state index in [0.29, 0.717) is 12.1 Å². The first-order chi connectivity index (χ1) is 7.66. The Morgan fingerprint density at radius 3 is 2.88 bits per heavy atom. The van der Waals surface area contributed by atoms with E-state index in [4.69, 9.17) is 5.73 Å². The number of halogens is 1. The van der Waals surface area contributed by atoms with Crippen molar-refractivity contribution in [3.05, 3.63) is 53.9 Å². The Balaban J connectivity index is 2.26. The van der Waals surface area contributed by atoms with Gasteiger partial charge in [-0.05, 0) is 12.1 Å². The van der Waals surface area contributed by atoms with Gasteiger partial charge < -0.3 is 10.3 Å². The Labute approximate surface area is 91.5 Å². The van der Waals surface area contributed by atoms with Crippen molar-refractivity contribution in [1.29, 1.82) is 0 Å². The van der Waals surface area contributed by atoms with Crippen molar-refractivity contribution >= 4 is 5.91 Å². The molecule has 2 rings (SSSR count). The number of carbonyl (C=O) groups is 1. The van der Waals surface area contributed by atoms with E-state index >= 15 is 0 Å².